The van der Waals surface area contributed by atoms with Gasteiger partial charge in [0.05, 0.1) is 11.3 Å². The van der Waals surface area contributed by atoms with Crippen molar-refractivity contribution in [2.75, 3.05) is 20.6 Å². The Bertz CT molecular complexity index is 672. The lowest BCUT2D eigenvalue weighted by Crippen LogP contribution is -2.15. The molecule has 0 aliphatic rings. The van der Waals surface area contributed by atoms with Crippen molar-refractivity contribution in [2.24, 2.45) is 0 Å². The van der Waals surface area contributed by atoms with Crippen LogP contribution in [-0.2, 0) is 6.54 Å². The molecule has 0 saturated heterocycles. The standard InChI is InChI=1S/C18H24N2O2/c1-13-8-5-6-9-15(13)17-14(2)16(18(21)22)12-20(17)11-7-10-19(3)4/h5-6,8-9,12H,7,10-11H2,1-4H3,(H,21,22). The molecule has 0 atom stereocenters. The van der Waals surface area contributed by atoms with Crippen LogP contribution in [0.1, 0.15) is 27.9 Å². The summed E-state index contributed by atoms with van der Waals surface area (Å²) in [6, 6.07) is 8.13. The fourth-order valence-corrected chi connectivity index (χ4v) is 2.80. The van der Waals surface area contributed by atoms with Gasteiger partial charge in [-0.05, 0) is 52.0 Å². The maximum absolute atomic E-state index is 11.5. The summed E-state index contributed by atoms with van der Waals surface area (Å²) in [5.41, 5.74) is 4.52. The number of carbonyl (C=O) groups is 1. The van der Waals surface area contributed by atoms with E-state index in [1.807, 2.05) is 33.2 Å². The number of rotatable bonds is 6. The number of nitrogens with zero attached hydrogens (tertiary/aromatic N) is 2. The van der Waals surface area contributed by atoms with Crippen LogP contribution in [0.4, 0.5) is 0 Å². The van der Waals surface area contributed by atoms with E-state index in [-0.39, 0.29) is 0 Å². The van der Waals surface area contributed by atoms with Gasteiger partial charge in [-0.1, -0.05) is 24.3 Å². The Morgan fingerprint density at radius 3 is 2.50 bits per heavy atom. The zero-order valence-corrected chi connectivity index (χ0v) is 13.8. The molecule has 1 aromatic carbocycles. The van der Waals surface area contributed by atoms with E-state index in [0.717, 1.165) is 41.9 Å². The van der Waals surface area contributed by atoms with Gasteiger partial charge in [0.15, 0.2) is 0 Å². The Kier molecular flexibility index (Phi) is 5.03. The highest BCUT2D eigenvalue weighted by Gasteiger charge is 2.19. The molecule has 0 amide bonds. The molecule has 0 bridgehead atoms. The van der Waals surface area contributed by atoms with Crippen LogP contribution in [0.25, 0.3) is 11.3 Å². The lowest BCUT2D eigenvalue weighted by Gasteiger charge is -2.14. The Labute approximate surface area is 132 Å². The summed E-state index contributed by atoms with van der Waals surface area (Å²) in [6.45, 7) is 5.75. The second kappa shape index (κ2) is 6.79. The number of aromatic carboxylic acids is 1. The van der Waals surface area contributed by atoms with Crippen molar-refractivity contribution >= 4 is 5.97 Å². The predicted molar refractivity (Wildman–Crippen MR) is 89.5 cm³/mol. The maximum Gasteiger partial charge on any atom is 0.337 e. The second-order valence-electron chi connectivity index (χ2n) is 5.99. The van der Waals surface area contributed by atoms with Crippen molar-refractivity contribution in [1.29, 1.82) is 0 Å². The zero-order valence-electron chi connectivity index (χ0n) is 13.8. The van der Waals surface area contributed by atoms with Crippen LogP contribution < -0.4 is 0 Å². The van der Waals surface area contributed by atoms with Crippen molar-refractivity contribution in [3.63, 3.8) is 0 Å². The van der Waals surface area contributed by atoms with E-state index in [0.29, 0.717) is 5.56 Å². The molecule has 0 unspecified atom stereocenters. The first-order chi connectivity index (χ1) is 10.4. The van der Waals surface area contributed by atoms with Crippen LogP contribution in [0.2, 0.25) is 0 Å². The van der Waals surface area contributed by atoms with Crippen LogP contribution in [0.5, 0.6) is 0 Å². The Morgan fingerprint density at radius 2 is 1.91 bits per heavy atom. The number of carboxylic acid groups (broad SMARTS) is 1. The number of benzene rings is 1. The molecule has 4 heteroatoms. The molecule has 22 heavy (non-hydrogen) atoms. The number of carboxylic acids is 1. The van der Waals surface area contributed by atoms with Gasteiger partial charge in [-0.25, -0.2) is 4.79 Å². The number of aromatic nitrogens is 1. The first-order valence-corrected chi connectivity index (χ1v) is 7.55. The van der Waals surface area contributed by atoms with Gasteiger partial charge >= 0.3 is 5.97 Å². The summed E-state index contributed by atoms with van der Waals surface area (Å²) in [4.78, 5) is 13.6. The van der Waals surface area contributed by atoms with Crippen LogP contribution >= 0.6 is 0 Å². The zero-order chi connectivity index (χ0) is 16.3. The second-order valence-corrected chi connectivity index (χ2v) is 5.99. The molecule has 2 rings (SSSR count). The molecule has 0 spiro atoms. The molecule has 1 aromatic heterocycles. The average Bonchev–Trinajstić information content (AvgIpc) is 2.76. The molecule has 0 aliphatic carbocycles. The van der Waals surface area contributed by atoms with Crippen molar-refractivity contribution in [3.8, 4) is 11.3 Å². The van der Waals surface area contributed by atoms with Gasteiger partial charge in [-0.2, -0.15) is 0 Å². The largest absolute Gasteiger partial charge is 0.478 e. The van der Waals surface area contributed by atoms with Gasteiger partial charge in [0.2, 0.25) is 0 Å². The fraction of sp³-hybridized carbons (Fsp3) is 0.389. The van der Waals surface area contributed by atoms with Crippen LogP contribution in [0, 0.1) is 13.8 Å². The molecule has 1 heterocycles. The van der Waals surface area contributed by atoms with E-state index in [2.05, 4.69) is 28.5 Å². The normalized spacial score (nSPS) is 11.1. The fourth-order valence-electron chi connectivity index (χ4n) is 2.80. The first kappa shape index (κ1) is 16.3. The van der Waals surface area contributed by atoms with E-state index < -0.39 is 5.97 Å². The number of aryl methyl sites for hydroxylation is 2. The molecular weight excluding hydrogens is 276 g/mol. The van der Waals surface area contributed by atoms with E-state index in [1.54, 1.807) is 6.20 Å². The maximum atomic E-state index is 11.5. The minimum atomic E-state index is -0.862. The highest BCUT2D eigenvalue weighted by atomic mass is 16.4. The molecule has 2 aromatic rings. The molecule has 118 valence electrons. The van der Waals surface area contributed by atoms with Crippen LogP contribution in [0.15, 0.2) is 30.5 Å². The highest BCUT2D eigenvalue weighted by Crippen LogP contribution is 2.30. The molecule has 1 N–H and O–H groups in total. The summed E-state index contributed by atoms with van der Waals surface area (Å²) < 4.78 is 2.09. The van der Waals surface area contributed by atoms with Gasteiger partial charge < -0.3 is 14.6 Å². The van der Waals surface area contributed by atoms with Crippen molar-refractivity contribution < 1.29 is 9.90 Å². The molecular formula is C18H24N2O2. The SMILES string of the molecule is Cc1ccccc1-c1c(C)c(C(=O)O)cn1CCCN(C)C. The van der Waals surface area contributed by atoms with Crippen molar-refractivity contribution in [2.45, 2.75) is 26.8 Å². The number of hydrogen-bond acceptors (Lipinski definition) is 2. The molecule has 0 fully saturated rings. The molecule has 0 radical (unpaired) electrons. The quantitative estimate of drug-likeness (QED) is 0.889. The van der Waals surface area contributed by atoms with Crippen LogP contribution in [-0.4, -0.2) is 41.2 Å². The Morgan fingerprint density at radius 1 is 1.23 bits per heavy atom. The Balaban J connectivity index is 2.46. The van der Waals surface area contributed by atoms with E-state index in [4.69, 9.17) is 0 Å². The average molecular weight is 300 g/mol. The van der Waals surface area contributed by atoms with E-state index in [9.17, 15) is 9.90 Å². The van der Waals surface area contributed by atoms with Crippen LogP contribution in [0.3, 0.4) is 0 Å². The van der Waals surface area contributed by atoms with Gasteiger partial charge in [-0.15, -0.1) is 0 Å². The third-order valence-electron chi connectivity index (χ3n) is 3.97. The summed E-state index contributed by atoms with van der Waals surface area (Å²) in [5.74, 6) is -0.862. The van der Waals surface area contributed by atoms with Gasteiger partial charge in [-0.3, -0.25) is 0 Å². The highest BCUT2D eigenvalue weighted by molar-refractivity contribution is 5.92. The summed E-state index contributed by atoms with van der Waals surface area (Å²) in [5, 5.41) is 9.41. The number of hydrogen-bond donors (Lipinski definition) is 1. The smallest absolute Gasteiger partial charge is 0.337 e. The summed E-state index contributed by atoms with van der Waals surface area (Å²) in [6.07, 6.45) is 2.76. The summed E-state index contributed by atoms with van der Waals surface area (Å²) in [7, 11) is 4.09. The lowest BCUT2D eigenvalue weighted by atomic mass is 10.0. The minimum absolute atomic E-state index is 0.392. The first-order valence-electron chi connectivity index (χ1n) is 7.55. The lowest BCUT2D eigenvalue weighted by molar-refractivity contribution is 0.0696. The predicted octanol–water partition coefficient (Wildman–Crippen LogP) is 3.42. The molecule has 0 aliphatic heterocycles. The molecule has 4 nitrogen and oxygen atoms in total. The summed E-state index contributed by atoms with van der Waals surface area (Å²) >= 11 is 0. The third kappa shape index (κ3) is 3.39. The third-order valence-corrected chi connectivity index (χ3v) is 3.97. The van der Waals surface area contributed by atoms with E-state index in [1.165, 1.54) is 0 Å². The van der Waals surface area contributed by atoms with Gasteiger partial charge in [0.1, 0.15) is 0 Å². The van der Waals surface area contributed by atoms with Crippen molar-refractivity contribution in [3.05, 3.63) is 47.2 Å². The van der Waals surface area contributed by atoms with E-state index >= 15 is 0 Å². The Hall–Kier alpha value is -2.07. The minimum Gasteiger partial charge on any atom is -0.478 e. The monoisotopic (exact) mass is 300 g/mol. The van der Waals surface area contributed by atoms with Gasteiger partial charge in [0.25, 0.3) is 0 Å². The van der Waals surface area contributed by atoms with Crippen molar-refractivity contribution in [1.82, 2.24) is 9.47 Å². The molecule has 0 saturated carbocycles. The topological polar surface area (TPSA) is 45.5 Å². The van der Waals surface area contributed by atoms with Gasteiger partial charge in [0, 0.05) is 18.3 Å².